The lowest BCUT2D eigenvalue weighted by atomic mass is 10.0. The van der Waals surface area contributed by atoms with Crippen LogP contribution in [0.25, 0.3) is 0 Å². The molecule has 0 fully saturated rings. The molecule has 0 radical (unpaired) electrons. The molecule has 0 saturated carbocycles. The number of hydrogen-bond acceptors (Lipinski definition) is 3. The fourth-order valence-corrected chi connectivity index (χ4v) is 2.18. The van der Waals surface area contributed by atoms with Crippen LogP contribution in [0.5, 0.6) is 0 Å². The van der Waals surface area contributed by atoms with Gasteiger partial charge in [-0.2, -0.15) is 5.10 Å². The zero-order valence-corrected chi connectivity index (χ0v) is 10.7. The van der Waals surface area contributed by atoms with Crippen LogP contribution in [0.3, 0.4) is 0 Å². The summed E-state index contributed by atoms with van der Waals surface area (Å²) in [5, 5.41) is 11.7. The molecule has 2 N–H and O–H groups in total. The zero-order chi connectivity index (χ0) is 11.7. The van der Waals surface area contributed by atoms with E-state index in [2.05, 4.69) is 36.5 Å². The highest BCUT2D eigenvalue weighted by Crippen LogP contribution is 2.31. The maximum absolute atomic E-state index is 4.57. The minimum absolute atomic E-state index is 0.498. The second-order valence-electron chi connectivity index (χ2n) is 4.92. The van der Waals surface area contributed by atoms with Gasteiger partial charge < -0.3 is 10.6 Å². The molecule has 1 aromatic heterocycles. The zero-order valence-electron chi connectivity index (χ0n) is 10.7. The van der Waals surface area contributed by atoms with Crippen LogP contribution in [0.2, 0.25) is 0 Å². The topological polar surface area (TPSA) is 41.9 Å². The minimum Gasteiger partial charge on any atom is -0.378 e. The number of rotatable bonds is 3. The first-order chi connectivity index (χ1) is 7.63. The molecule has 1 aliphatic rings. The number of hydrogen-bond donors (Lipinski definition) is 2. The molecule has 4 heteroatoms. The Kier molecular flexibility index (Phi) is 3.08. The summed E-state index contributed by atoms with van der Waals surface area (Å²) < 4.78 is 1.96. The van der Waals surface area contributed by atoms with Crippen LogP contribution < -0.4 is 10.6 Å². The van der Waals surface area contributed by atoms with E-state index in [4.69, 9.17) is 0 Å². The van der Waals surface area contributed by atoms with Gasteiger partial charge in [-0.1, -0.05) is 27.2 Å². The predicted molar refractivity (Wildman–Crippen MR) is 67.9 cm³/mol. The molecule has 0 saturated heterocycles. The highest BCUT2D eigenvalue weighted by molar-refractivity contribution is 5.70. The SMILES string of the molecule is CCCc1nn(C)c2c1NCC(C(C)C)N2. The summed E-state index contributed by atoms with van der Waals surface area (Å²) >= 11 is 0. The fourth-order valence-electron chi connectivity index (χ4n) is 2.18. The lowest BCUT2D eigenvalue weighted by Gasteiger charge is -2.29. The average molecular weight is 222 g/mol. The summed E-state index contributed by atoms with van der Waals surface area (Å²) in [6, 6.07) is 0.498. The van der Waals surface area contributed by atoms with Crippen LogP contribution in [-0.2, 0) is 13.5 Å². The van der Waals surface area contributed by atoms with E-state index >= 15 is 0 Å². The molecule has 0 aliphatic carbocycles. The van der Waals surface area contributed by atoms with Crippen molar-refractivity contribution >= 4 is 11.5 Å². The number of aromatic nitrogens is 2. The lowest BCUT2D eigenvalue weighted by molar-refractivity contribution is 0.531. The molecule has 1 aliphatic heterocycles. The van der Waals surface area contributed by atoms with Crippen molar-refractivity contribution in [1.82, 2.24) is 9.78 Å². The second kappa shape index (κ2) is 4.36. The predicted octanol–water partition coefficient (Wildman–Crippen LogP) is 2.23. The third kappa shape index (κ3) is 1.88. The highest BCUT2D eigenvalue weighted by atomic mass is 15.4. The van der Waals surface area contributed by atoms with Crippen molar-refractivity contribution in [3.8, 4) is 0 Å². The number of aryl methyl sites for hydroxylation is 2. The largest absolute Gasteiger partial charge is 0.378 e. The van der Waals surface area contributed by atoms with E-state index in [0.717, 1.165) is 25.2 Å². The quantitative estimate of drug-likeness (QED) is 0.824. The van der Waals surface area contributed by atoms with Gasteiger partial charge in [0, 0.05) is 19.6 Å². The normalized spacial score (nSPS) is 19.2. The first kappa shape index (κ1) is 11.3. The average Bonchev–Trinajstić information content (AvgIpc) is 2.56. The van der Waals surface area contributed by atoms with E-state index in [9.17, 15) is 0 Å². The van der Waals surface area contributed by atoms with Gasteiger partial charge in [0.15, 0.2) is 0 Å². The Balaban J connectivity index is 2.25. The van der Waals surface area contributed by atoms with Crippen molar-refractivity contribution in [2.24, 2.45) is 13.0 Å². The van der Waals surface area contributed by atoms with E-state index in [1.807, 2.05) is 11.7 Å². The van der Waals surface area contributed by atoms with Crippen LogP contribution in [0.1, 0.15) is 32.9 Å². The number of nitrogens with one attached hydrogen (secondary N) is 2. The van der Waals surface area contributed by atoms with Gasteiger partial charge in [-0.3, -0.25) is 4.68 Å². The van der Waals surface area contributed by atoms with Crippen molar-refractivity contribution in [1.29, 1.82) is 0 Å². The van der Waals surface area contributed by atoms with Gasteiger partial charge in [0.25, 0.3) is 0 Å². The smallest absolute Gasteiger partial charge is 0.148 e. The number of anilines is 2. The minimum atomic E-state index is 0.498. The molecular formula is C12H22N4. The molecule has 2 rings (SSSR count). The van der Waals surface area contributed by atoms with Gasteiger partial charge in [-0.15, -0.1) is 0 Å². The molecule has 1 unspecified atom stereocenters. The van der Waals surface area contributed by atoms with Crippen molar-refractivity contribution in [2.75, 3.05) is 17.2 Å². The van der Waals surface area contributed by atoms with E-state index in [0.29, 0.717) is 12.0 Å². The summed E-state index contributed by atoms with van der Waals surface area (Å²) in [5.74, 6) is 1.78. The molecule has 2 heterocycles. The van der Waals surface area contributed by atoms with Crippen LogP contribution in [0.15, 0.2) is 0 Å². The maximum atomic E-state index is 4.57. The second-order valence-corrected chi connectivity index (χ2v) is 4.92. The molecule has 16 heavy (non-hydrogen) atoms. The van der Waals surface area contributed by atoms with E-state index < -0.39 is 0 Å². The van der Waals surface area contributed by atoms with Crippen molar-refractivity contribution in [2.45, 2.75) is 39.7 Å². The van der Waals surface area contributed by atoms with E-state index in [-0.39, 0.29) is 0 Å². The van der Waals surface area contributed by atoms with Crippen LogP contribution >= 0.6 is 0 Å². The molecule has 0 bridgehead atoms. The fraction of sp³-hybridized carbons (Fsp3) is 0.750. The Hall–Kier alpha value is -1.19. The molecule has 0 aromatic carbocycles. The lowest BCUT2D eigenvalue weighted by Crippen LogP contribution is -2.37. The number of fused-ring (bicyclic) bond motifs is 1. The highest BCUT2D eigenvalue weighted by Gasteiger charge is 2.25. The standard InChI is InChI=1S/C12H22N4/c1-5-6-9-11-12(16(4)15-9)14-10(7-13-11)8(2)3/h8,10,13-14H,5-7H2,1-4H3. The van der Waals surface area contributed by atoms with Gasteiger partial charge in [-0.05, 0) is 12.3 Å². The van der Waals surface area contributed by atoms with Crippen molar-refractivity contribution in [3.63, 3.8) is 0 Å². The van der Waals surface area contributed by atoms with Crippen LogP contribution in [-0.4, -0.2) is 22.4 Å². The molecule has 1 aromatic rings. The summed E-state index contributed by atoms with van der Waals surface area (Å²) in [4.78, 5) is 0. The third-order valence-corrected chi connectivity index (χ3v) is 3.23. The van der Waals surface area contributed by atoms with E-state index in [1.54, 1.807) is 0 Å². The van der Waals surface area contributed by atoms with E-state index in [1.165, 1.54) is 11.4 Å². The Morgan fingerprint density at radius 2 is 2.25 bits per heavy atom. The van der Waals surface area contributed by atoms with Gasteiger partial charge >= 0.3 is 0 Å². The Labute approximate surface area is 97.4 Å². The first-order valence-electron chi connectivity index (χ1n) is 6.19. The van der Waals surface area contributed by atoms with Gasteiger partial charge in [0.2, 0.25) is 0 Å². The molecular weight excluding hydrogens is 200 g/mol. The molecule has 0 spiro atoms. The Morgan fingerprint density at radius 3 is 2.88 bits per heavy atom. The summed E-state index contributed by atoms with van der Waals surface area (Å²) in [6.07, 6.45) is 2.18. The molecule has 0 amide bonds. The van der Waals surface area contributed by atoms with Crippen molar-refractivity contribution in [3.05, 3.63) is 5.69 Å². The van der Waals surface area contributed by atoms with Gasteiger partial charge in [0.05, 0.1) is 5.69 Å². The van der Waals surface area contributed by atoms with Crippen LogP contribution in [0.4, 0.5) is 11.5 Å². The summed E-state index contributed by atoms with van der Waals surface area (Å²) in [5.41, 5.74) is 2.40. The third-order valence-electron chi connectivity index (χ3n) is 3.23. The molecule has 1 atom stereocenters. The van der Waals surface area contributed by atoms with Gasteiger partial charge in [0.1, 0.15) is 11.5 Å². The summed E-state index contributed by atoms with van der Waals surface area (Å²) in [7, 11) is 2.01. The maximum Gasteiger partial charge on any atom is 0.148 e. The van der Waals surface area contributed by atoms with Gasteiger partial charge in [-0.25, -0.2) is 0 Å². The summed E-state index contributed by atoms with van der Waals surface area (Å²) in [6.45, 7) is 7.67. The Bertz CT molecular complexity index is 367. The Morgan fingerprint density at radius 1 is 1.50 bits per heavy atom. The first-order valence-corrected chi connectivity index (χ1v) is 6.19. The molecule has 4 nitrogen and oxygen atoms in total. The van der Waals surface area contributed by atoms with Crippen LogP contribution in [0, 0.1) is 5.92 Å². The number of nitrogens with zero attached hydrogens (tertiary/aromatic N) is 2. The monoisotopic (exact) mass is 222 g/mol. The van der Waals surface area contributed by atoms with Crippen molar-refractivity contribution < 1.29 is 0 Å². The molecule has 90 valence electrons.